The van der Waals surface area contributed by atoms with Crippen LogP contribution in [0, 0.1) is 0 Å². The molecule has 2 aliphatic heterocycles. The van der Waals surface area contributed by atoms with E-state index in [2.05, 4.69) is 21.9 Å². The van der Waals surface area contributed by atoms with Crippen LogP contribution >= 0.6 is 0 Å². The fourth-order valence-corrected chi connectivity index (χ4v) is 5.20. The summed E-state index contributed by atoms with van der Waals surface area (Å²) in [6.07, 6.45) is 1.26. The molecule has 0 bridgehead atoms. The molecule has 0 atom stereocenters. The third kappa shape index (κ3) is 5.85. The van der Waals surface area contributed by atoms with Crippen LogP contribution in [-0.2, 0) is 16.6 Å². The maximum absolute atomic E-state index is 13.0. The monoisotopic (exact) mass is 472 g/mol. The summed E-state index contributed by atoms with van der Waals surface area (Å²) in [5.41, 5.74) is 2.98. The number of hydrogen-bond acceptors (Lipinski definition) is 6. The van der Waals surface area contributed by atoms with Crippen molar-refractivity contribution in [3.8, 4) is 5.75 Å². The number of rotatable bonds is 6. The minimum atomic E-state index is -3.11. The summed E-state index contributed by atoms with van der Waals surface area (Å²) in [6, 6.07) is 15.8. The Morgan fingerprint density at radius 3 is 2.00 bits per heavy atom. The van der Waals surface area contributed by atoms with Crippen molar-refractivity contribution in [1.29, 1.82) is 0 Å². The molecule has 0 aliphatic carbocycles. The van der Waals surface area contributed by atoms with Gasteiger partial charge in [-0.25, -0.2) is 8.42 Å². The maximum Gasteiger partial charge on any atom is 0.253 e. The topological polar surface area (TPSA) is 73.4 Å². The van der Waals surface area contributed by atoms with E-state index in [1.165, 1.54) is 10.6 Å². The van der Waals surface area contributed by atoms with Crippen LogP contribution in [0.3, 0.4) is 0 Å². The minimum Gasteiger partial charge on any atom is -0.497 e. The van der Waals surface area contributed by atoms with Gasteiger partial charge in [0.15, 0.2) is 0 Å². The number of anilines is 1. The van der Waals surface area contributed by atoms with Gasteiger partial charge in [-0.2, -0.15) is 4.31 Å². The molecule has 2 heterocycles. The molecule has 8 nitrogen and oxygen atoms in total. The number of amides is 1. The number of carbonyl (C=O) groups excluding carboxylic acids is 1. The van der Waals surface area contributed by atoms with E-state index >= 15 is 0 Å². The van der Waals surface area contributed by atoms with E-state index in [0.717, 1.165) is 36.6 Å². The highest BCUT2D eigenvalue weighted by molar-refractivity contribution is 7.88. The van der Waals surface area contributed by atoms with Crippen LogP contribution in [0.2, 0.25) is 0 Å². The average Bonchev–Trinajstić information content (AvgIpc) is 2.84. The smallest absolute Gasteiger partial charge is 0.253 e. The Hall–Kier alpha value is -2.62. The van der Waals surface area contributed by atoms with Crippen molar-refractivity contribution >= 4 is 21.6 Å². The molecule has 178 valence electrons. The number of sulfonamides is 1. The largest absolute Gasteiger partial charge is 0.497 e. The van der Waals surface area contributed by atoms with Crippen molar-refractivity contribution in [2.24, 2.45) is 0 Å². The number of nitrogens with zero attached hydrogens (tertiary/aromatic N) is 4. The Labute approximate surface area is 196 Å². The number of methoxy groups -OCH3 is 1. The van der Waals surface area contributed by atoms with E-state index in [4.69, 9.17) is 4.74 Å². The van der Waals surface area contributed by atoms with Crippen LogP contribution in [0.25, 0.3) is 0 Å². The molecule has 1 amide bonds. The minimum absolute atomic E-state index is 0.0673. The zero-order valence-corrected chi connectivity index (χ0v) is 20.1. The van der Waals surface area contributed by atoms with E-state index < -0.39 is 10.0 Å². The number of hydrogen-bond donors (Lipinski definition) is 0. The Morgan fingerprint density at radius 1 is 0.848 bits per heavy atom. The summed E-state index contributed by atoms with van der Waals surface area (Å²) < 4.78 is 30.1. The van der Waals surface area contributed by atoms with Gasteiger partial charge in [-0.1, -0.05) is 12.1 Å². The summed E-state index contributed by atoms with van der Waals surface area (Å²) in [6.45, 7) is 6.22. The number of benzene rings is 2. The molecular formula is C24H32N4O4S. The van der Waals surface area contributed by atoms with Gasteiger partial charge in [0.1, 0.15) is 5.75 Å². The van der Waals surface area contributed by atoms with Gasteiger partial charge in [0.25, 0.3) is 5.91 Å². The number of piperazine rings is 2. The molecule has 2 aliphatic rings. The lowest BCUT2D eigenvalue weighted by Gasteiger charge is -2.36. The second-order valence-electron chi connectivity index (χ2n) is 8.61. The zero-order chi connectivity index (χ0) is 23.4. The first-order valence-electron chi connectivity index (χ1n) is 11.3. The molecule has 2 fully saturated rings. The number of ether oxygens (including phenoxy) is 1. The Balaban J connectivity index is 1.27. The van der Waals surface area contributed by atoms with Gasteiger partial charge in [0, 0.05) is 70.2 Å². The fourth-order valence-electron chi connectivity index (χ4n) is 4.37. The molecule has 2 aromatic rings. The van der Waals surface area contributed by atoms with E-state index in [1.54, 1.807) is 7.11 Å². The third-order valence-corrected chi connectivity index (χ3v) is 7.71. The predicted octanol–water partition coefficient (Wildman–Crippen LogP) is 1.73. The molecular weight excluding hydrogens is 440 g/mol. The molecule has 2 saturated heterocycles. The molecule has 9 heteroatoms. The first-order chi connectivity index (χ1) is 15.8. The summed E-state index contributed by atoms with van der Waals surface area (Å²) in [4.78, 5) is 19.4. The van der Waals surface area contributed by atoms with Crippen molar-refractivity contribution in [1.82, 2.24) is 14.1 Å². The van der Waals surface area contributed by atoms with E-state index in [9.17, 15) is 13.2 Å². The molecule has 4 rings (SSSR count). The molecule has 0 aromatic heterocycles. The summed E-state index contributed by atoms with van der Waals surface area (Å²) >= 11 is 0. The molecule has 0 saturated carbocycles. The highest BCUT2D eigenvalue weighted by atomic mass is 32.2. The van der Waals surface area contributed by atoms with E-state index in [0.29, 0.717) is 44.8 Å². The van der Waals surface area contributed by atoms with Crippen molar-refractivity contribution < 1.29 is 17.9 Å². The predicted molar refractivity (Wildman–Crippen MR) is 129 cm³/mol. The third-order valence-electron chi connectivity index (χ3n) is 6.41. The Kier molecular flexibility index (Phi) is 7.21. The lowest BCUT2D eigenvalue weighted by Crippen LogP contribution is -2.48. The van der Waals surface area contributed by atoms with Crippen molar-refractivity contribution in [3.63, 3.8) is 0 Å². The second kappa shape index (κ2) is 10.1. The average molecular weight is 473 g/mol. The molecule has 2 aromatic carbocycles. The summed E-state index contributed by atoms with van der Waals surface area (Å²) in [5, 5.41) is 0. The highest BCUT2D eigenvalue weighted by Gasteiger charge is 2.24. The highest BCUT2D eigenvalue weighted by Crippen LogP contribution is 2.21. The van der Waals surface area contributed by atoms with Crippen molar-refractivity contribution in [2.75, 3.05) is 70.6 Å². The molecule has 33 heavy (non-hydrogen) atoms. The fraction of sp³-hybridized carbons (Fsp3) is 0.458. The first-order valence-corrected chi connectivity index (χ1v) is 13.1. The van der Waals surface area contributed by atoms with Crippen molar-refractivity contribution in [3.05, 3.63) is 59.7 Å². The van der Waals surface area contributed by atoms with E-state index in [1.807, 2.05) is 41.3 Å². The van der Waals surface area contributed by atoms with Crippen molar-refractivity contribution in [2.45, 2.75) is 6.54 Å². The second-order valence-corrected chi connectivity index (χ2v) is 10.6. The van der Waals surface area contributed by atoms with Crippen LogP contribution in [0.1, 0.15) is 15.9 Å². The molecule has 0 unspecified atom stereocenters. The van der Waals surface area contributed by atoms with E-state index in [-0.39, 0.29) is 5.91 Å². The molecule has 0 radical (unpaired) electrons. The SMILES string of the molecule is COc1ccc(N2CCN(C(=O)c3ccc(CN4CCN(S(C)(=O)=O)CC4)cc3)CC2)cc1. The van der Waals surface area contributed by atoms with Crippen LogP contribution in [0.15, 0.2) is 48.5 Å². The normalized spacial score (nSPS) is 18.4. The molecule has 0 spiro atoms. The summed E-state index contributed by atoms with van der Waals surface area (Å²) in [5.74, 6) is 0.907. The quantitative estimate of drug-likeness (QED) is 0.638. The first kappa shape index (κ1) is 23.5. The van der Waals surface area contributed by atoms with Crippen LogP contribution in [0.5, 0.6) is 5.75 Å². The van der Waals surface area contributed by atoms with Gasteiger partial charge in [0.2, 0.25) is 10.0 Å². The standard InChI is InChI=1S/C24H32N4O4S/c1-32-23-9-7-22(8-10-23)26-13-15-27(16-14-26)24(29)21-5-3-20(4-6-21)19-25-11-17-28(18-12-25)33(2,30)31/h3-10H,11-19H2,1-2H3. The van der Waals surface area contributed by atoms with Gasteiger partial charge >= 0.3 is 0 Å². The molecule has 0 N–H and O–H groups in total. The van der Waals surface area contributed by atoms with Crippen LogP contribution in [0.4, 0.5) is 5.69 Å². The maximum atomic E-state index is 13.0. The van der Waals surface area contributed by atoms with Gasteiger partial charge < -0.3 is 14.5 Å². The van der Waals surface area contributed by atoms with Gasteiger partial charge in [-0.05, 0) is 42.0 Å². The van der Waals surface area contributed by atoms with Gasteiger partial charge in [0.05, 0.1) is 13.4 Å². The van der Waals surface area contributed by atoms with Gasteiger partial charge in [-0.15, -0.1) is 0 Å². The number of carbonyl (C=O) groups is 1. The lowest BCUT2D eigenvalue weighted by molar-refractivity contribution is 0.0746. The summed E-state index contributed by atoms with van der Waals surface area (Å²) in [7, 11) is -1.45. The van der Waals surface area contributed by atoms with Gasteiger partial charge in [-0.3, -0.25) is 9.69 Å². The Bertz CT molecular complexity index is 1040. The zero-order valence-electron chi connectivity index (χ0n) is 19.3. The lowest BCUT2D eigenvalue weighted by atomic mass is 10.1. The van der Waals surface area contributed by atoms with Crippen LogP contribution < -0.4 is 9.64 Å². The Morgan fingerprint density at radius 2 is 1.45 bits per heavy atom. The van der Waals surface area contributed by atoms with Crippen LogP contribution in [-0.4, -0.2) is 94.2 Å².